The average molecular weight is 489 g/mol. The molecule has 1 N–H and O–H groups in total. The zero-order chi connectivity index (χ0) is 24.8. The molecule has 1 amide bonds. The fourth-order valence-electron chi connectivity index (χ4n) is 3.48. The van der Waals surface area contributed by atoms with E-state index in [9.17, 15) is 18.0 Å². The third kappa shape index (κ3) is 5.89. The number of carbonyl (C=O) groups is 1. The van der Waals surface area contributed by atoms with Gasteiger partial charge in [-0.25, -0.2) is 13.1 Å². The molecule has 0 atom stereocenters. The topological polar surface area (TPSA) is 101 Å². The molecule has 4 rings (SSSR count). The van der Waals surface area contributed by atoms with Crippen LogP contribution in [0.2, 0.25) is 0 Å². The van der Waals surface area contributed by atoms with Crippen molar-refractivity contribution in [3.63, 3.8) is 0 Å². The van der Waals surface area contributed by atoms with Crippen molar-refractivity contribution in [2.75, 3.05) is 12.4 Å². The molecule has 0 spiro atoms. The second-order valence-electron chi connectivity index (χ2n) is 7.90. The molecular formula is C26H24N4O4S. The molecule has 3 aromatic carbocycles. The van der Waals surface area contributed by atoms with Crippen LogP contribution in [-0.2, 0) is 27.9 Å². The molecule has 0 aliphatic carbocycles. The van der Waals surface area contributed by atoms with Crippen LogP contribution in [-0.4, -0.2) is 35.5 Å². The van der Waals surface area contributed by atoms with E-state index in [1.54, 1.807) is 6.07 Å². The molecular weight excluding hydrogens is 464 g/mol. The smallest absolute Gasteiger partial charge is 0.267 e. The van der Waals surface area contributed by atoms with Gasteiger partial charge in [-0.15, -0.1) is 0 Å². The van der Waals surface area contributed by atoms with Gasteiger partial charge in [0.1, 0.15) is 6.54 Å². The molecule has 1 aromatic heterocycles. The maximum atomic E-state index is 12.9. The number of carbonyl (C=O) groups excluding carboxylic acids is 1. The fraction of sp³-hybridized carbons (Fsp3) is 0.115. The van der Waals surface area contributed by atoms with Crippen molar-refractivity contribution in [3.05, 3.63) is 113 Å². The lowest BCUT2D eigenvalue weighted by atomic mass is 10.1. The largest absolute Gasteiger partial charge is 0.324 e. The summed E-state index contributed by atoms with van der Waals surface area (Å²) in [5.74, 6) is -0.457. The Morgan fingerprint density at radius 1 is 0.886 bits per heavy atom. The molecule has 0 aliphatic rings. The lowest BCUT2D eigenvalue weighted by Crippen LogP contribution is -2.29. The summed E-state index contributed by atoms with van der Waals surface area (Å²) in [5.41, 5.74) is 2.29. The van der Waals surface area contributed by atoms with Crippen LogP contribution in [0.1, 0.15) is 5.56 Å². The lowest BCUT2D eigenvalue weighted by Gasteiger charge is -2.17. The van der Waals surface area contributed by atoms with E-state index in [-0.39, 0.29) is 18.0 Å². The molecule has 0 fully saturated rings. The van der Waals surface area contributed by atoms with E-state index >= 15 is 0 Å². The van der Waals surface area contributed by atoms with Crippen molar-refractivity contribution >= 4 is 21.6 Å². The number of aromatic nitrogens is 2. The molecule has 0 saturated heterocycles. The first-order chi connectivity index (χ1) is 16.8. The fourth-order valence-corrected chi connectivity index (χ4v) is 4.64. The zero-order valence-electron chi connectivity index (χ0n) is 19.0. The van der Waals surface area contributed by atoms with Crippen molar-refractivity contribution in [2.24, 2.45) is 0 Å². The van der Waals surface area contributed by atoms with Crippen molar-refractivity contribution in [2.45, 2.75) is 18.0 Å². The third-order valence-electron chi connectivity index (χ3n) is 5.32. The summed E-state index contributed by atoms with van der Waals surface area (Å²) in [6, 6.07) is 27.5. The molecule has 8 nitrogen and oxygen atoms in total. The van der Waals surface area contributed by atoms with Crippen LogP contribution in [0.15, 0.2) is 107 Å². The van der Waals surface area contributed by atoms with Gasteiger partial charge in [0.05, 0.1) is 10.6 Å². The molecule has 0 saturated carbocycles. The summed E-state index contributed by atoms with van der Waals surface area (Å²) >= 11 is 0. The number of sulfonamides is 1. The van der Waals surface area contributed by atoms with Gasteiger partial charge in [0, 0.05) is 30.9 Å². The first-order valence-corrected chi connectivity index (χ1v) is 12.3. The van der Waals surface area contributed by atoms with Crippen LogP contribution in [0.3, 0.4) is 0 Å². The van der Waals surface area contributed by atoms with E-state index in [0.717, 1.165) is 15.8 Å². The summed E-state index contributed by atoms with van der Waals surface area (Å²) in [7, 11) is -2.18. The second kappa shape index (κ2) is 10.5. The predicted octanol–water partition coefficient (Wildman–Crippen LogP) is 3.37. The normalized spacial score (nSPS) is 11.4. The second-order valence-corrected chi connectivity index (χ2v) is 9.94. The highest BCUT2D eigenvalue weighted by atomic mass is 32.2. The number of anilines is 1. The minimum atomic E-state index is -3.70. The van der Waals surface area contributed by atoms with Gasteiger partial charge in [-0.05, 0) is 35.9 Å². The summed E-state index contributed by atoms with van der Waals surface area (Å²) in [4.78, 5) is 24.8. The quantitative estimate of drug-likeness (QED) is 0.410. The monoisotopic (exact) mass is 488 g/mol. The van der Waals surface area contributed by atoms with E-state index < -0.39 is 21.5 Å². The predicted molar refractivity (Wildman–Crippen MR) is 134 cm³/mol. The lowest BCUT2D eigenvalue weighted by molar-refractivity contribution is -0.117. The number of benzene rings is 3. The maximum Gasteiger partial charge on any atom is 0.267 e. The Balaban J connectivity index is 1.42. The van der Waals surface area contributed by atoms with Gasteiger partial charge in [0.25, 0.3) is 5.56 Å². The highest BCUT2D eigenvalue weighted by Gasteiger charge is 2.21. The number of rotatable bonds is 8. The standard InChI is InChI=1S/C26H24N4O4S/c1-29(18-20-8-4-2-5-9-20)35(33,34)23-14-12-22(13-15-23)27-25(31)19-30-26(32)17-16-24(28-30)21-10-6-3-7-11-21/h2-17H,18-19H2,1H3,(H,27,31). The first kappa shape index (κ1) is 24.1. The van der Waals surface area contributed by atoms with E-state index in [1.165, 1.54) is 41.7 Å². The summed E-state index contributed by atoms with van der Waals surface area (Å²) < 4.78 is 28.1. The number of nitrogens with zero attached hydrogens (tertiary/aromatic N) is 3. The van der Waals surface area contributed by atoms with Crippen molar-refractivity contribution in [1.29, 1.82) is 0 Å². The van der Waals surface area contributed by atoms with Crippen LogP contribution in [0.25, 0.3) is 11.3 Å². The average Bonchev–Trinajstić information content (AvgIpc) is 2.87. The molecule has 0 bridgehead atoms. The van der Waals surface area contributed by atoms with Gasteiger partial charge >= 0.3 is 0 Å². The first-order valence-electron chi connectivity index (χ1n) is 10.9. The van der Waals surface area contributed by atoms with Crippen LogP contribution in [0, 0.1) is 0 Å². The molecule has 0 aliphatic heterocycles. The van der Waals surface area contributed by atoms with Crippen LogP contribution < -0.4 is 10.9 Å². The number of hydrogen-bond acceptors (Lipinski definition) is 5. The van der Waals surface area contributed by atoms with Gasteiger partial charge in [0.2, 0.25) is 15.9 Å². The van der Waals surface area contributed by atoms with Crippen molar-refractivity contribution in [3.8, 4) is 11.3 Å². The highest BCUT2D eigenvalue weighted by molar-refractivity contribution is 7.89. The van der Waals surface area contributed by atoms with Crippen LogP contribution >= 0.6 is 0 Å². The molecule has 0 unspecified atom stereocenters. The Morgan fingerprint density at radius 2 is 1.51 bits per heavy atom. The van der Waals surface area contributed by atoms with Gasteiger partial charge in [-0.2, -0.15) is 9.40 Å². The van der Waals surface area contributed by atoms with E-state index in [2.05, 4.69) is 10.4 Å². The number of hydrogen-bond donors (Lipinski definition) is 1. The van der Waals surface area contributed by atoms with Crippen molar-refractivity contribution < 1.29 is 13.2 Å². The molecule has 178 valence electrons. The Labute approximate surface area is 203 Å². The Hall–Kier alpha value is -4.08. The summed E-state index contributed by atoms with van der Waals surface area (Å²) in [6.07, 6.45) is 0. The van der Waals surface area contributed by atoms with Crippen molar-refractivity contribution in [1.82, 2.24) is 14.1 Å². The van der Waals surface area contributed by atoms with Crippen LogP contribution in [0.4, 0.5) is 5.69 Å². The number of nitrogens with one attached hydrogen (secondary N) is 1. The third-order valence-corrected chi connectivity index (χ3v) is 7.14. The van der Waals surface area contributed by atoms with Gasteiger partial charge < -0.3 is 5.32 Å². The van der Waals surface area contributed by atoms with Crippen LogP contribution in [0.5, 0.6) is 0 Å². The van der Waals surface area contributed by atoms with Gasteiger partial charge in [-0.1, -0.05) is 60.7 Å². The zero-order valence-corrected chi connectivity index (χ0v) is 19.9. The van der Waals surface area contributed by atoms with Gasteiger partial charge in [-0.3, -0.25) is 9.59 Å². The molecule has 9 heteroatoms. The van der Waals surface area contributed by atoms with Gasteiger partial charge in [0.15, 0.2) is 0 Å². The van der Waals surface area contributed by atoms with E-state index in [1.807, 2.05) is 60.7 Å². The minimum Gasteiger partial charge on any atom is -0.324 e. The molecule has 0 radical (unpaired) electrons. The number of amides is 1. The maximum absolute atomic E-state index is 12.9. The Bertz CT molecular complexity index is 1470. The summed E-state index contributed by atoms with van der Waals surface area (Å²) in [6.45, 7) is -0.0369. The van der Waals surface area contributed by atoms with E-state index in [0.29, 0.717) is 11.4 Å². The highest BCUT2D eigenvalue weighted by Crippen LogP contribution is 2.19. The van der Waals surface area contributed by atoms with E-state index in [4.69, 9.17) is 0 Å². The Morgan fingerprint density at radius 3 is 2.17 bits per heavy atom. The molecule has 1 heterocycles. The SMILES string of the molecule is CN(Cc1ccccc1)S(=O)(=O)c1ccc(NC(=O)Cn2nc(-c3ccccc3)ccc2=O)cc1. The Kier molecular flexibility index (Phi) is 7.19. The molecule has 4 aromatic rings. The summed E-state index contributed by atoms with van der Waals surface area (Å²) in [5, 5.41) is 6.96. The minimum absolute atomic E-state index is 0.113. The molecule has 35 heavy (non-hydrogen) atoms.